The standard InChI is InChI=1S/C25H28FN7O6S/c1-6-39-22(23-27-13-16(26)14-28-23)15(2)40(34,35)32-25-31-30-24(17-9-7-12-20(29-17)38-5)33(25)21-18(36-3)10-8-11-19(21)37-4/h7-15,22H,6H2,1-5H3,(H,31,32). The van der Waals surface area contributed by atoms with Crippen LogP contribution < -0.4 is 18.9 Å². The van der Waals surface area contributed by atoms with Crippen molar-refractivity contribution in [1.29, 1.82) is 0 Å². The van der Waals surface area contributed by atoms with E-state index in [-0.39, 0.29) is 24.2 Å². The lowest BCUT2D eigenvalue weighted by molar-refractivity contribution is 0.0556. The monoisotopic (exact) mass is 573 g/mol. The van der Waals surface area contributed by atoms with Crippen LogP contribution in [0, 0.1) is 5.82 Å². The van der Waals surface area contributed by atoms with Gasteiger partial charge in [-0.2, -0.15) is 0 Å². The molecule has 0 spiro atoms. The smallest absolute Gasteiger partial charge is 0.243 e. The van der Waals surface area contributed by atoms with E-state index in [4.69, 9.17) is 18.9 Å². The average molecular weight is 574 g/mol. The second-order valence-electron chi connectivity index (χ2n) is 8.25. The average Bonchev–Trinajstić information content (AvgIpc) is 3.37. The number of aromatic nitrogens is 6. The van der Waals surface area contributed by atoms with Crippen LogP contribution in [0.25, 0.3) is 17.2 Å². The van der Waals surface area contributed by atoms with Crippen LogP contribution in [-0.2, 0) is 14.8 Å². The molecular weight excluding hydrogens is 545 g/mol. The second-order valence-corrected chi connectivity index (χ2v) is 10.3. The molecule has 2 unspecified atom stereocenters. The van der Waals surface area contributed by atoms with Crippen LogP contribution in [0.2, 0.25) is 0 Å². The van der Waals surface area contributed by atoms with Gasteiger partial charge in [-0.3, -0.25) is 9.29 Å². The fraction of sp³-hybridized carbons (Fsp3) is 0.320. The zero-order valence-electron chi connectivity index (χ0n) is 22.4. The van der Waals surface area contributed by atoms with E-state index in [1.54, 1.807) is 43.3 Å². The van der Waals surface area contributed by atoms with E-state index in [0.29, 0.717) is 28.8 Å². The van der Waals surface area contributed by atoms with Crippen molar-refractivity contribution in [3.05, 3.63) is 60.4 Å². The molecule has 0 aliphatic rings. The van der Waals surface area contributed by atoms with Crippen molar-refractivity contribution in [2.75, 3.05) is 32.7 Å². The predicted molar refractivity (Wildman–Crippen MR) is 143 cm³/mol. The molecule has 13 nitrogen and oxygen atoms in total. The van der Waals surface area contributed by atoms with Gasteiger partial charge in [0.25, 0.3) is 0 Å². The molecule has 4 aromatic rings. The molecule has 0 fully saturated rings. The SMILES string of the molecule is CCOC(c1ncc(F)cn1)C(C)S(=O)(=O)Nc1nnc(-c2cccc(OC)n2)n1-c1c(OC)cccc1OC. The third kappa shape index (κ3) is 5.79. The summed E-state index contributed by atoms with van der Waals surface area (Å²) in [6, 6.07) is 10.1. The fourth-order valence-corrected chi connectivity index (χ4v) is 4.98. The minimum Gasteiger partial charge on any atom is -0.494 e. The number of ether oxygens (including phenoxy) is 4. The lowest BCUT2D eigenvalue weighted by Crippen LogP contribution is -2.34. The Balaban J connectivity index is 1.85. The number of sulfonamides is 1. The highest BCUT2D eigenvalue weighted by molar-refractivity contribution is 7.93. The second kappa shape index (κ2) is 12.2. The first-order valence-electron chi connectivity index (χ1n) is 12.0. The van der Waals surface area contributed by atoms with Crippen molar-refractivity contribution < 1.29 is 31.8 Å². The third-order valence-electron chi connectivity index (χ3n) is 5.84. The molecule has 1 aromatic carbocycles. The topological polar surface area (TPSA) is 152 Å². The maximum Gasteiger partial charge on any atom is 0.243 e. The van der Waals surface area contributed by atoms with Gasteiger partial charge in [-0.15, -0.1) is 10.2 Å². The van der Waals surface area contributed by atoms with Gasteiger partial charge in [0.05, 0.1) is 33.7 Å². The van der Waals surface area contributed by atoms with E-state index in [9.17, 15) is 12.8 Å². The number of halogens is 1. The Morgan fingerprint density at radius 3 is 2.23 bits per heavy atom. The van der Waals surface area contributed by atoms with Crippen LogP contribution in [0.3, 0.4) is 0 Å². The van der Waals surface area contributed by atoms with Crippen LogP contribution >= 0.6 is 0 Å². The molecule has 15 heteroatoms. The lowest BCUT2D eigenvalue weighted by atomic mass is 10.2. The number of benzene rings is 1. The number of hydrogen-bond donors (Lipinski definition) is 1. The zero-order chi connectivity index (χ0) is 28.9. The van der Waals surface area contributed by atoms with Gasteiger partial charge in [-0.1, -0.05) is 12.1 Å². The molecule has 0 aliphatic heterocycles. The van der Waals surface area contributed by atoms with Gasteiger partial charge >= 0.3 is 0 Å². The number of nitrogens with one attached hydrogen (secondary N) is 1. The van der Waals surface area contributed by atoms with E-state index < -0.39 is 27.2 Å². The molecule has 0 radical (unpaired) electrons. The first kappa shape index (κ1) is 28.6. The summed E-state index contributed by atoms with van der Waals surface area (Å²) in [7, 11) is 0.161. The molecule has 4 rings (SSSR count). The molecule has 0 bridgehead atoms. The van der Waals surface area contributed by atoms with Crippen molar-refractivity contribution in [2.45, 2.75) is 25.2 Å². The Morgan fingerprint density at radius 1 is 0.975 bits per heavy atom. The Labute approximate surface area is 230 Å². The number of anilines is 1. The van der Waals surface area contributed by atoms with Crippen LogP contribution in [-0.4, -0.2) is 71.3 Å². The minimum absolute atomic E-state index is 0.00950. The Kier molecular flexibility index (Phi) is 8.74. The Morgan fingerprint density at radius 2 is 1.62 bits per heavy atom. The molecule has 0 amide bonds. The number of methoxy groups -OCH3 is 3. The first-order chi connectivity index (χ1) is 19.2. The summed E-state index contributed by atoms with van der Waals surface area (Å²) < 4.78 is 66.8. The summed E-state index contributed by atoms with van der Waals surface area (Å²) in [6.45, 7) is 3.27. The van der Waals surface area contributed by atoms with Gasteiger partial charge in [0.15, 0.2) is 17.5 Å². The summed E-state index contributed by atoms with van der Waals surface area (Å²) >= 11 is 0. The summed E-state index contributed by atoms with van der Waals surface area (Å²) in [5, 5.41) is 7.15. The van der Waals surface area contributed by atoms with Gasteiger partial charge in [-0.05, 0) is 32.0 Å². The van der Waals surface area contributed by atoms with Gasteiger partial charge < -0.3 is 18.9 Å². The molecule has 2 atom stereocenters. The third-order valence-corrected chi connectivity index (χ3v) is 7.53. The maximum atomic E-state index is 13.7. The first-order valence-corrected chi connectivity index (χ1v) is 13.6. The molecular formula is C25H28FN7O6S. The predicted octanol–water partition coefficient (Wildman–Crippen LogP) is 3.19. The molecule has 40 heavy (non-hydrogen) atoms. The maximum absolute atomic E-state index is 13.7. The number of pyridine rings is 1. The number of rotatable bonds is 12. The number of hydrogen-bond acceptors (Lipinski definition) is 11. The van der Waals surface area contributed by atoms with E-state index in [2.05, 4.69) is 29.9 Å². The summed E-state index contributed by atoms with van der Waals surface area (Å²) in [5.41, 5.74) is 0.663. The molecule has 212 valence electrons. The van der Waals surface area contributed by atoms with E-state index in [0.717, 1.165) is 12.4 Å². The highest BCUT2D eigenvalue weighted by Crippen LogP contribution is 2.38. The van der Waals surface area contributed by atoms with Crippen molar-refractivity contribution >= 4 is 16.0 Å². The Bertz CT molecular complexity index is 1540. The highest BCUT2D eigenvalue weighted by atomic mass is 32.2. The number of para-hydroxylation sites is 1. The lowest BCUT2D eigenvalue weighted by Gasteiger charge is -2.23. The van der Waals surface area contributed by atoms with Crippen LogP contribution in [0.15, 0.2) is 48.8 Å². The molecule has 0 saturated carbocycles. The van der Waals surface area contributed by atoms with Crippen LogP contribution in [0.5, 0.6) is 17.4 Å². The summed E-state index contributed by atoms with van der Waals surface area (Å²) in [6.07, 6.45) is 0.776. The van der Waals surface area contributed by atoms with Crippen molar-refractivity contribution in [1.82, 2.24) is 29.7 Å². The van der Waals surface area contributed by atoms with Crippen molar-refractivity contribution in [3.63, 3.8) is 0 Å². The molecule has 3 aromatic heterocycles. The van der Waals surface area contributed by atoms with Crippen molar-refractivity contribution in [2.24, 2.45) is 0 Å². The largest absolute Gasteiger partial charge is 0.494 e. The van der Waals surface area contributed by atoms with Crippen LogP contribution in [0.1, 0.15) is 25.8 Å². The Hall–Kier alpha value is -4.37. The van der Waals surface area contributed by atoms with Gasteiger partial charge in [0.1, 0.15) is 34.2 Å². The number of nitrogens with zero attached hydrogens (tertiary/aromatic N) is 6. The van der Waals surface area contributed by atoms with E-state index >= 15 is 0 Å². The minimum atomic E-state index is -4.24. The van der Waals surface area contributed by atoms with Gasteiger partial charge in [0.2, 0.25) is 21.9 Å². The summed E-state index contributed by atoms with van der Waals surface area (Å²) in [5.74, 6) is 0.362. The molecule has 1 N–H and O–H groups in total. The fourth-order valence-electron chi connectivity index (χ4n) is 3.88. The van der Waals surface area contributed by atoms with Crippen LogP contribution in [0.4, 0.5) is 10.3 Å². The molecule has 0 aliphatic carbocycles. The van der Waals surface area contributed by atoms with Gasteiger partial charge in [-0.25, -0.2) is 27.8 Å². The van der Waals surface area contributed by atoms with E-state index in [1.165, 1.54) is 32.8 Å². The quantitative estimate of drug-likeness (QED) is 0.266. The molecule has 0 saturated heterocycles. The summed E-state index contributed by atoms with van der Waals surface area (Å²) in [4.78, 5) is 12.3. The molecule has 3 heterocycles. The van der Waals surface area contributed by atoms with Gasteiger partial charge in [0, 0.05) is 12.7 Å². The highest BCUT2D eigenvalue weighted by Gasteiger charge is 2.35. The normalized spacial score (nSPS) is 12.9. The zero-order valence-corrected chi connectivity index (χ0v) is 23.2. The van der Waals surface area contributed by atoms with E-state index in [1.807, 2.05) is 0 Å². The van der Waals surface area contributed by atoms with Crippen molar-refractivity contribution in [3.8, 4) is 34.6 Å².